The number of carboxylic acid groups (broad SMARTS) is 1. The van der Waals surface area contributed by atoms with Gasteiger partial charge in [-0.15, -0.1) is 0 Å². The van der Waals surface area contributed by atoms with E-state index in [-0.39, 0.29) is 29.1 Å². The molecule has 2 heterocycles. The molecule has 19 heavy (non-hydrogen) atoms. The first-order valence-corrected chi connectivity index (χ1v) is 5.36. The molecule has 0 saturated carbocycles. The highest BCUT2D eigenvalue weighted by molar-refractivity contribution is 5.88. The van der Waals surface area contributed by atoms with Crippen LogP contribution in [0, 0.1) is 0 Å². The zero-order valence-electron chi connectivity index (χ0n) is 10.2. The lowest BCUT2D eigenvalue weighted by Crippen LogP contribution is -2.21. The molecule has 0 amide bonds. The Hall–Kier alpha value is -2.71. The molecular weight excluding hydrogens is 254 g/mol. The van der Waals surface area contributed by atoms with Crippen molar-refractivity contribution in [2.24, 2.45) is 0 Å². The molecular formula is C10H11N5O4. The molecule has 0 aliphatic rings. The van der Waals surface area contributed by atoms with Crippen LogP contribution in [0.3, 0.4) is 0 Å². The van der Waals surface area contributed by atoms with Crippen LogP contribution >= 0.6 is 0 Å². The lowest BCUT2D eigenvalue weighted by Gasteiger charge is -2.10. The van der Waals surface area contributed by atoms with Crippen LogP contribution in [0.15, 0.2) is 4.79 Å². The zero-order chi connectivity index (χ0) is 14.2. The number of nitrogens with zero attached hydrogens (tertiary/aromatic N) is 3. The molecule has 2 aromatic rings. The Morgan fingerprint density at radius 3 is 2.63 bits per heavy atom. The van der Waals surface area contributed by atoms with Crippen LogP contribution in [0.25, 0.3) is 11.2 Å². The minimum absolute atomic E-state index is 0.0243. The standard InChI is InChI=1S/C10H11N5O4/c1-3(2)19-8-4-6(14-10(11)15-8)13-7(16)5(12-4)9(17)18/h3H,1-2H3,(H,17,18)(H3,11,13,14,15,16). The second kappa shape index (κ2) is 4.52. The SMILES string of the molecule is CC(C)Oc1nc(N)nc2[nH]c(=O)c(C(=O)O)nc12. The summed E-state index contributed by atoms with van der Waals surface area (Å²) in [7, 11) is 0. The van der Waals surface area contributed by atoms with Crippen molar-refractivity contribution in [1.29, 1.82) is 0 Å². The molecule has 2 aromatic heterocycles. The predicted molar refractivity (Wildman–Crippen MR) is 65.1 cm³/mol. The second-order valence-electron chi connectivity index (χ2n) is 3.97. The Morgan fingerprint density at radius 1 is 1.37 bits per heavy atom. The normalized spacial score (nSPS) is 10.9. The van der Waals surface area contributed by atoms with E-state index in [0.29, 0.717) is 0 Å². The number of anilines is 1. The molecule has 100 valence electrons. The van der Waals surface area contributed by atoms with E-state index in [1.807, 2.05) is 0 Å². The van der Waals surface area contributed by atoms with Gasteiger partial charge in [0.15, 0.2) is 11.2 Å². The number of nitrogens with two attached hydrogens (primary N) is 1. The summed E-state index contributed by atoms with van der Waals surface area (Å²) in [5.41, 5.74) is 4.02. The summed E-state index contributed by atoms with van der Waals surface area (Å²) < 4.78 is 5.37. The van der Waals surface area contributed by atoms with E-state index in [0.717, 1.165) is 0 Å². The average Bonchev–Trinajstić information content (AvgIpc) is 2.26. The summed E-state index contributed by atoms with van der Waals surface area (Å²) in [6.45, 7) is 3.52. The fraction of sp³-hybridized carbons (Fsp3) is 0.300. The Balaban J connectivity index is 2.77. The van der Waals surface area contributed by atoms with Gasteiger partial charge in [-0.1, -0.05) is 0 Å². The van der Waals surface area contributed by atoms with Crippen LogP contribution in [-0.2, 0) is 0 Å². The van der Waals surface area contributed by atoms with Crippen LogP contribution in [0.2, 0.25) is 0 Å². The molecule has 9 heteroatoms. The van der Waals surface area contributed by atoms with E-state index in [4.69, 9.17) is 15.6 Å². The van der Waals surface area contributed by atoms with Crippen molar-refractivity contribution in [3.8, 4) is 5.88 Å². The van der Waals surface area contributed by atoms with Crippen molar-refractivity contribution in [2.75, 3.05) is 5.73 Å². The monoisotopic (exact) mass is 265 g/mol. The number of H-pyrrole nitrogens is 1. The van der Waals surface area contributed by atoms with Crippen LogP contribution in [0.4, 0.5) is 5.95 Å². The largest absolute Gasteiger partial charge is 0.476 e. The van der Waals surface area contributed by atoms with Crippen LogP contribution < -0.4 is 16.0 Å². The number of nitrogen functional groups attached to an aromatic ring is 1. The smallest absolute Gasteiger partial charge is 0.360 e. The van der Waals surface area contributed by atoms with Crippen LogP contribution in [0.1, 0.15) is 24.3 Å². The highest BCUT2D eigenvalue weighted by atomic mass is 16.5. The number of hydrogen-bond acceptors (Lipinski definition) is 7. The molecule has 4 N–H and O–H groups in total. The summed E-state index contributed by atoms with van der Waals surface area (Å²) >= 11 is 0. The molecule has 9 nitrogen and oxygen atoms in total. The van der Waals surface area contributed by atoms with Crippen molar-refractivity contribution in [3.63, 3.8) is 0 Å². The molecule has 0 unspecified atom stereocenters. The number of aromatic nitrogens is 4. The van der Waals surface area contributed by atoms with Gasteiger partial charge in [-0.25, -0.2) is 9.78 Å². The van der Waals surface area contributed by atoms with Gasteiger partial charge in [0.05, 0.1) is 6.10 Å². The van der Waals surface area contributed by atoms with Crippen LogP contribution in [-0.4, -0.2) is 37.1 Å². The maximum absolute atomic E-state index is 11.5. The molecule has 0 spiro atoms. The number of aromatic carboxylic acids is 1. The second-order valence-corrected chi connectivity index (χ2v) is 3.97. The number of ether oxygens (including phenoxy) is 1. The molecule has 0 aromatic carbocycles. The van der Waals surface area contributed by atoms with Crippen molar-refractivity contribution >= 4 is 23.1 Å². The molecule has 0 fully saturated rings. The van der Waals surface area contributed by atoms with E-state index >= 15 is 0 Å². The first-order chi connectivity index (χ1) is 8.88. The Kier molecular flexibility index (Phi) is 3.03. The lowest BCUT2D eigenvalue weighted by molar-refractivity contribution is 0.0689. The van der Waals surface area contributed by atoms with E-state index in [9.17, 15) is 9.59 Å². The van der Waals surface area contributed by atoms with Crippen LogP contribution in [0.5, 0.6) is 5.88 Å². The molecule has 0 aliphatic heterocycles. The van der Waals surface area contributed by atoms with Gasteiger partial charge in [-0.3, -0.25) is 4.79 Å². The third kappa shape index (κ3) is 2.44. The van der Waals surface area contributed by atoms with E-state index in [1.54, 1.807) is 13.8 Å². The predicted octanol–water partition coefficient (Wildman–Crippen LogP) is -0.219. The Labute approximate surface area is 106 Å². The van der Waals surface area contributed by atoms with Gasteiger partial charge >= 0.3 is 5.97 Å². The first-order valence-electron chi connectivity index (χ1n) is 5.36. The number of rotatable bonds is 3. The summed E-state index contributed by atoms with van der Waals surface area (Å²) in [5.74, 6) is -1.53. The lowest BCUT2D eigenvalue weighted by atomic mass is 10.4. The van der Waals surface area contributed by atoms with Crippen molar-refractivity contribution in [2.45, 2.75) is 20.0 Å². The summed E-state index contributed by atoms with van der Waals surface area (Å²) in [4.78, 5) is 36.0. The van der Waals surface area contributed by atoms with E-state index < -0.39 is 17.2 Å². The molecule has 0 aliphatic carbocycles. The summed E-state index contributed by atoms with van der Waals surface area (Å²) in [6, 6.07) is 0. The van der Waals surface area contributed by atoms with Crippen molar-refractivity contribution in [1.82, 2.24) is 19.9 Å². The minimum atomic E-state index is -1.45. The Bertz CT molecular complexity index is 709. The maximum atomic E-state index is 11.5. The number of fused-ring (bicyclic) bond motifs is 1. The van der Waals surface area contributed by atoms with Gasteiger partial charge in [0, 0.05) is 0 Å². The number of carboxylic acids is 1. The maximum Gasteiger partial charge on any atom is 0.360 e. The molecule has 0 saturated heterocycles. The molecule has 0 radical (unpaired) electrons. The minimum Gasteiger partial charge on any atom is -0.476 e. The van der Waals surface area contributed by atoms with Gasteiger partial charge in [0.25, 0.3) is 5.56 Å². The quantitative estimate of drug-likeness (QED) is 0.690. The van der Waals surface area contributed by atoms with Gasteiger partial charge in [0.1, 0.15) is 0 Å². The number of aromatic amines is 1. The number of nitrogens with one attached hydrogen (secondary N) is 1. The van der Waals surface area contributed by atoms with Crippen molar-refractivity contribution in [3.05, 3.63) is 16.0 Å². The first kappa shape index (κ1) is 12.7. The van der Waals surface area contributed by atoms with Gasteiger partial charge in [-0.2, -0.15) is 9.97 Å². The van der Waals surface area contributed by atoms with Crippen molar-refractivity contribution < 1.29 is 14.6 Å². The topological polar surface area (TPSA) is 144 Å². The summed E-state index contributed by atoms with van der Waals surface area (Å²) in [6.07, 6.45) is -0.223. The Morgan fingerprint density at radius 2 is 2.05 bits per heavy atom. The highest BCUT2D eigenvalue weighted by Gasteiger charge is 2.17. The fourth-order valence-corrected chi connectivity index (χ4v) is 1.42. The molecule has 0 atom stereocenters. The van der Waals surface area contributed by atoms with Gasteiger partial charge in [0.2, 0.25) is 17.5 Å². The van der Waals surface area contributed by atoms with E-state index in [2.05, 4.69) is 19.9 Å². The third-order valence-corrected chi connectivity index (χ3v) is 2.09. The number of hydrogen-bond donors (Lipinski definition) is 3. The van der Waals surface area contributed by atoms with Gasteiger partial charge < -0.3 is 20.6 Å². The molecule has 0 bridgehead atoms. The average molecular weight is 265 g/mol. The van der Waals surface area contributed by atoms with E-state index in [1.165, 1.54) is 0 Å². The third-order valence-electron chi connectivity index (χ3n) is 2.09. The van der Waals surface area contributed by atoms with Gasteiger partial charge in [-0.05, 0) is 13.8 Å². The fourth-order valence-electron chi connectivity index (χ4n) is 1.42. The summed E-state index contributed by atoms with van der Waals surface area (Å²) in [5, 5.41) is 8.86. The number of carbonyl (C=O) groups is 1. The highest BCUT2D eigenvalue weighted by Crippen LogP contribution is 2.20. The molecule has 2 rings (SSSR count). The zero-order valence-corrected chi connectivity index (χ0v) is 10.2.